The van der Waals surface area contributed by atoms with Crippen molar-refractivity contribution in [3.63, 3.8) is 0 Å². The van der Waals surface area contributed by atoms with Gasteiger partial charge >= 0.3 is 0 Å². The Morgan fingerprint density at radius 1 is 1.00 bits per heavy atom. The highest BCUT2D eigenvalue weighted by Gasteiger charge is 2.19. The van der Waals surface area contributed by atoms with Crippen molar-refractivity contribution in [1.82, 2.24) is 5.32 Å². The molecule has 0 aromatic rings. The van der Waals surface area contributed by atoms with Gasteiger partial charge in [-0.25, -0.2) is 0 Å². The van der Waals surface area contributed by atoms with Crippen LogP contribution in [0.15, 0.2) is 0 Å². The smallest absolute Gasteiger partial charge is 0.00672 e. The van der Waals surface area contributed by atoms with Crippen LogP contribution in [-0.4, -0.2) is 24.6 Å². The monoisotopic (exact) mass is 271 g/mol. The molecule has 0 heterocycles. The minimum absolute atomic E-state index is 0.837. The summed E-state index contributed by atoms with van der Waals surface area (Å²) in [6.07, 6.45) is 16.5. The summed E-state index contributed by atoms with van der Waals surface area (Å²) < 4.78 is 0. The number of unbranched alkanes of at least 4 members (excludes halogenated alkanes) is 3. The predicted molar refractivity (Wildman–Crippen MR) is 85.5 cm³/mol. The Morgan fingerprint density at radius 3 is 2.39 bits per heavy atom. The molecule has 0 aromatic heterocycles. The molecule has 108 valence electrons. The zero-order valence-corrected chi connectivity index (χ0v) is 13.4. The first-order chi connectivity index (χ1) is 8.86. The molecule has 0 radical (unpaired) electrons. The van der Waals surface area contributed by atoms with E-state index in [1.807, 2.05) is 11.8 Å². The molecule has 1 fully saturated rings. The summed E-state index contributed by atoms with van der Waals surface area (Å²) in [6, 6.07) is 0.837. The van der Waals surface area contributed by atoms with Crippen molar-refractivity contribution in [1.29, 1.82) is 0 Å². The molecule has 0 bridgehead atoms. The van der Waals surface area contributed by atoms with Gasteiger partial charge in [0.25, 0.3) is 0 Å². The molecule has 1 nitrogen and oxygen atoms in total. The Kier molecular flexibility index (Phi) is 10.1. The number of rotatable bonds is 10. The summed E-state index contributed by atoms with van der Waals surface area (Å²) in [5.41, 5.74) is 0. The van der Waals surface area contributed by atoms with E-state index in [0.29, 0.717) is 0 Å². The van der Waals surface area contributed by atoms with E-state index in [0.717, 1.165) is 12.0 Å². The molecular formula is C16H33NS. The van der Waals surface area contributed by atoms with Gasteiger partial charge in [0.2, 0.25) is 0 Å². The van der Waals surface area contributed by atoms with E-state index in [2.05, 4.69) is 18.5 Å². The minimum Gasteiger partial charge on any atom is -0.314 e. The van der Waals surface area contributed by atoms with Crippen LogP contribution in [0, 0.1) is 5.92 Å². The lowest BCUT2D eigenvalue weighted by molar-refractivity contribution is 0.278. The van der Waals surface area contributed by atoms with Gasteiger partial charge in [-0.2, -0.15) is 11.8 Å². The molecular weight excluding hydrogens is 238 g/mol. The van der Waals surface area contributed by atoms with Crippen LogP contribution in [0.4, 0.5) is 0 Å². The van der Waals surface area contributed by atoms with Gasteiger partial charge in [0.05, 0.1) is 0 Å². The van der Waals surface area contributed by atoms with E-state index in [1.165, 1.54) is 76.5 Å². The lowest BCUT2D eigenvalue weighted by atomic mass is 9.83. The molecule has 18 heavy (non-hydrogen) atoms. The summed E-state index contributed by atoms with van der Waals surface area (Å²) in [4.78, 5) is 0. The molecule has 0 aliphatic heterocycles. The number of nitrogens with one attached hydrogen (secondary N) is 1. The SMILES string of the molecule is CCCC1CCC(NCCCCCCSC)CC1. The summed E-state index contributed by atoms with van der Waals surface area (Å²) in [6.45, 7) is 3.57. The average Bonchev–Trinajstić information content (AvgIpc) is 2.40. The summed E-state index contributed by atoms with van der Waals surface area (Å²) in [7, 11) is 0. The maximum absolute atomic E-state index is 3.77. The Bertz CT molecular complexity index is 176. The van der Waals surface area contributed by atoms with Gasteiger partial charge in [0, 0.05) is 6.04 Å². The van der Waals surface area contributed by atoms with Crippen LogP contribution in [0.3, 0.4) is 0 Å². The number of thioether (sulfide) groups is 1. The van der Waals surface area contributed by atoms with Crippen molar-refractivity contribution < 1.29 is 0 Å². The molecule has 0 aromatic carbocycles. The normalized spacial score (nSPS) is 24.3. The quantitative estimate of drug-likeness (QED) is 0.570. The second kappa shape index (κ2) is 11.2. The first-order valence-electron chi connectivity index (χ1n) is 8.09. The fourth-order valence-corrected chi connectivity index (χ4v) is 3.59. The first-order valence-corrected chi connectivity index (χ1v) is 9.48. The van der Waals surface area contributed by atoms with Crippen molar-refractivity contribution in [3.8, 4) is 0 Å². The highest BCUT2D eigenvalue weighted by molar-refractivity contribution is 7.98. The molecule has 2 heteroatoms. The van der Waals surface area contributed by atoms with Crippen LogP contribution in [0.2, 0.25) is 0 Å². The van der Waals surface area contributed by atoms with E-state index in [1.54, 1.807) is 0 Å². The maximum Gasteiger partial charge on any atom is 0.00672 e. The van der Waals surface area contributed by atoms with Crippen molar-refractivity contribution in [2.24, 2.45) is 5.92 Å². The third-order valence-electron chi connectivity index (χ3n) is 4.25. The first kappa shape index (κ1) is 16.4. The Balaban J connectivity index is 1.88. The molecule has 1 aliphatic rings. The maximum atomic E-state index is 3.77. The lowest BCUT2D eigenvalue weighted by Gasteiger charge is -2.29. The molecule has 1 saturated carbocycles. The minimum atomic E-state index is 0.837. The second-order valence-corrected chi connectivity index (χ2v) is 6.85. The average molecular weight is 272 g/mol. The zero-order chi connectivity index (χ0) is 13.1. The summed E-state index contributed by atoms with van der Waals surface area (Å²) in [5.74, 6) is 2.38. The van der Waals surface area contributed by atoms with E-state index < -0.39 is 0 Å². The number of hydrogen-bond donors (Lipinski definition) is 1. The predicted octanol–water partition coefficient (Wildman–Crippen LogP) is 4.86. The van der Waals surface area contributed by atoms with Gasteiger partial charge in [-0.15, -0.1) is 0 Å². The van der Waals surface area contributed by atoms with E-state index in [9.17, 15) is 0 Å². The number of hydrogen-bond acceptors (Lipinski definition) is 2. The highest BCUT2D eigenvalue weighted by atomic mass is 32.2. The van der Waals surface area contributed by atoms with Gasteiger partial charge in [0.15, 0.2) is 0 Å². The molecule has 0 atom stereocenters. The van der Waals surface area contributed by atoms with E-state index in [-0.39, 0.29) is 0 Å². The van der Waals surface area contributed by atoms with Gasteiger partial charge in [-0.05, 0) is 63.0 Å². The Hall–Kier alpha value is 0.310. The Labute approximate surface area is 119 Å². The molecule has 0 spiro atoms. The van der Waals surface area contributed by atoms with Gasteiger partial charge in [-0.1, -0.05) is 32.6 Å². The van der Waals surface area contributed by atoms with Crippen molar-refractivity contribution in [2.75, 3.05) is 18.6 Å². The van der Waals surface area contributed by atoms with Gasteiger partial charge in [-0.3, -0.25) is 0 Å². The van der Waals surface area contributed by atoms with Gasteiger partial charge in [0.1, 0.15) is 0 Å². The zero-order valence-electron chi connectivity index (χ0n) is 12.5. The lowest BCUT2D eigenvalue weighted by Crippen LogP contribution is -2.33. The van der Waals surface area contributed by atoms with Crippen molar-refractivity contribution in [2.45, 2.75) is 77.2 Å². The van der Waals surface area contributed by atoms with Gasteiger partial charge < -0.3 is 5.32 Å². The summed E-state index contributed by atoms with van der Waals surface area (Å²) >= 11 is 1.98. The fourth-order valence-electron chi connectivity index (χ4n) is 3.09. The molecule has 0 unspecified atom stereocenters. The molecule has 0 amide bonds. The van der Waals surface area contributed by atoms with Crippen LogP contribution < -0.4 is 5.32 Å². The molecule has 0 saturated heterocycles. The van der Waals surface area contributed by atoms with Crippen molar-refractivity contribution >= 4 is 11.8 Å². The van der Waals surface area contributed by atoms with E-state index in [4.69, 9.17) is 0 Å². The van der Waals surface area contributed by atoms with E-state index >= 15 is 0 Å². The third kappa shape index (κ3) is 7.68. The van der Waals surface area contributed by atoms with Crippen LogP contribution in [0.25, 0.3) is 0 Å². The molecule has 1 N–H and O–H groups in total. The Morgan fingerprint density at radius 2 is 1.72 bits per heavy atom. The fraction of sp³-hybridized carbons (Fsp3) is 1.00. The van der Waals surface area contributed by atoms with Crippen LogP contribution in [0.5, 0.6) is 0 Å². The summed E-state index contributed by atoms with van der Waals surface area (Å²) in [5, 5.41) is 3.77. The standard InChI is InChI=1S/C16H33NS/c1-3-8-15-9-11-16(12-10-15)17-13-6-4-5-7-14-18-2/h15-17H,3-14H2,1-2H3. The van der Waals surface area contributed by atoms with Crippen molar-refractivity contribution in [3.05, 3.63) is 0 Å². The van der Waals surface area contributed by atoms with Crippen LogP contribution in [0.1, 0.15) is 71.1 Å². The molecule has 1 aliphatic carbocycles. The van der Waals surface area contributed by atoms with Crippen LogP contribution >= 0.6 is 11.8 Å². The highest BCUT2D eigenvalue weighted by Crippen LogP contribution is 2.27. The molecule has 1 rings (SSSR count). The van der Waals surface area contributed by atoms with Crippen LogP contribution in [-0.2, 0) is 0 Å². The second-order valence-electron chi connectivity index (χ2n) is 5.87. The third-order valence-corrected chi connectivity index (χ3v) is 4.95. The topological polar surface area (TPSA) is 12.0 Å². The largest absolute Gasteiger partial charge is 0.314 e.